The van der Waals surface area contributed by atoms with Crippen LogP contribution in [0.15, 0.2) is 36.4 Å². The Morgan fingerprint density at radius 1 is 1.12 bits per heavy atom. The molecule has 4 atom stereocenters. The third-order valence-electron chi connectivity index (χ3n) is 6.85. The van der Waals surface area contributed by atoms with Gasteiger partial charge in [-0.05, 0) is 31.0 Å². The Bertz CT molecular complexity index is 1110. The van der Waals surface area contributed by atoms with Crippen molar-refractivity contribution >= 4 is 28.3 Å². The normalized spacial score (nSPS) is 27.8. The van der Waals surface area contributed by atoms with E-state index in [9.17, 15) is 5.11 Å². The molecule has 3 aliphatic rings. The lowest BCUT2D eigenvalue weighted by Crippen LogP contribution is -2.36. The molecule has 1 unspecified atom stereocenters. The zero-order valence-corrected chi connectivity index (χ0v) is 18.4. The molecule has 4 heterocycles. The van der Waals surface area contributed by atoms with E-state index in [1.807, 2.05) is 12.1 Å². The van der Waals surface area contributed by atoms with Gasteiger partial charge in [0, 0.05) is 36.3 Å². The van der Waals surface area contributed by atoms with Crippen LogP contribution in [-0.4, -0.2) is 66.3 Å². The molecule has 8 heteroatoms. The van der Waals surface area contributed by atoms with E-state index in [0.717, 1.165) is 61.4 Å². The lowest BCUT2D eigenvalue weighted by molar-refractivity contribution is 0.0154. The number of aromatic nitrogens is 2. The minimum atomic E-state index is -0.381. The van der Waals surface area contributed by atoms with E-state index >= 15 is 0 Å². The zero-order chi connectivity index (χ0) is 21.7. The fourth-order valence-corrected chi connectivity index (χ4v) is 5.41. The summed E-state index contributed by atoms with van der Waals surface area (Å²) < 4.78 is 17.4. The van der Waals surface area contributed by atoms with Crippen molar-refractivity contribution in [3.8, 4) is 17.1 Å². The van der Waals surface area contributed by atoms with Gasteiger partial charge in [-0.25, -0.2) is 4.98 Å². The molecule has 6 rings (SSSR count). The van der Waals surface area contributed by atoms with E-state index < -0.39 is 0 Å². The summed E-state index contributed by atoms with van der Waals surface area (Å²) in [6.45, 7) is 3.73. The number of morpholine rings is 1. The van der Waals surface area contributed by atoms with Crippen molar-refractivity contribution in [1.29, 1.82) is 0 Å². The van der Waals surface area contributed by atoms with E-state index in [4.69, 9.17) is 30.8 Å². The zero-order valence-electron chi connectivity index (χ0n) is 17.7. The monoisotopic (exact) mass is 455 g/mol. The smallest absolute Gasteiger partial charge is 0.193 e. The largest absolute Gasteiger partial charge is 0.473 e. The number of benzene rings is 1. The van der Waals surface area contributed by atoms with Crippen LogP contribution in [0.25, 0.3) is 22.3 Å². The number of rotatable bonds is 4. The van der Waals surface area contributed by atoms with E-state index in [1.165, 1.54) is 5.69 Å². The van der Waals surface area contributed by atoms with Gasteiger partial charge in [0.05, 0.1) is 53.8 Å². The first-order chi connectivity index (χ1) is 15.7. The Morgan fingerprint density at radius 2 is 1.94 bits per heavy atom. The van der Waals surface area contributed by atoms with Crippen LogP contribution < -0.4 is 9.64 Å². The molecular weight excluding hydrogens is 430 g/mol. The molecule has 2 N–H and O–H groups in total. The molecule has 3 aromatic rings. The number of H-pyrrole nitrogens is 1. The van der Waals surface area contributed by atoms with Gasteiger partial charge in [-0.15, -0.1) is 0 Å². The van der Waals surface area contributed by atoms with Gasteiger partial charge in [0.15, 0.2) is 5.88 Å². The maximum absolute atomic E-state index is 10.0. The fraction of sp³-hybridized carbons (Fsp3) is 0.458. The summed E-state index contributed by atoms with van der Waals surface area (Å²) in [6, 6.07) is 12.2. The van der Waals surface area contributed by atoms with Crippen molar-refractivity contribution in [3.63, 3.8) is 0 Å². The van der Waals surface area contributed by atoms with Crippen molar-refractivity contribution < 1.29 is 19.3 Å². The number of fused-ring (bicyclic) bond motifs is 2. The SMILES string of the molecule is O[C@@H]1CO[C@H]2C1CC[C@H]2Oc1cc2nc(-c3ccc(N4CCOCC4)cc3)c(Cl)cc2[nH]1. The predicted octanol–water partition coefficient (Wildman–Crippen LogP) is 3.64. The van der Waals surface area contributed by atoms with Crippen molar-refractivity contribution in [1.82, 2.24) is 9.97 Å². The summed E-state index contributed by atoms with van der Waals surface area (Å²) in [6.07, 6.45) is 1.30. The molecule has 1 aromatic carbocycles. The summed E-state index contributed by atoms with van der Waals surface area (Å²) in [5.41, 5.74) is 4.55. The maximum atomic E-state index is 10.0. The highest BCUT2D eigenvalue weighted by atomic mass is 35.5. The standard InChI is InChI=1S/C24H26ClN3O4/c25-17-11-18-19(12-22(26-18)32-21-6-5-16-20(29)13-31-24(16)21)27-23(17)14-1-3-15(4-2-14)28-7-9-30-10-8-28/h1-4,11-12,16,20-21,24,26,29H,5-10,13H2/t16?,20-,21-,24+/m1/s1. The molecule has 0 radical (unpaired) electrons. The number of aliphatic hydroxyl groups is 1. The van der Waals surface area contributed by atoms with Gasteiger partial charge >= 0.3 is 0 Å². The van der Waals surface area contributed by atoms with E-state index in [-0.39, 0.29) is 24.2 Å². The Labute approximate surface area is 191 Å². The molecular formula is C24H26ClN3O4. The van der Waals surface area contributed by atoms with E-state index in [1.54, 1.807) is 0 Å². The quantitative estimate of drug-likeness (QED) is 0.625. The lowest BCUT2D eigenvalue weighted by Gasteiger charge is -2.28. The first-order valence-electron chi connectivity index (χ1n) is 11.2. The molecule has 32 heavy (non-hydrogen) atoms. The van der Waals surface area contributed by atoms with Gasteiger partial charge < -0.3 is 29.2 Å². The van der Waals surface area contributed by atoms with Crippen LogP contribution in [-0.2, 0) is 9.47 Å². The molecule has 2 aliphatic heterocycles. The Kier molecular flexibility index (Phi) is 5.22. The number of anilines is 1. The number of nitrogens with one attached hydrogen (secondary N) is 1. The van der Waals surface area contributed by atoms with Crippen molar-refractivity contribution in [2.24, 2.45) is 5.92 Å². The Hall–Kier alpha value is -2.32. The predicted molar refractivity (Wildman–Crippen MR) is 122 cm³/mol. The van der Waals surface area contributed by atoms with Crippen LogP contribution >= 0.6 is 11.6 Å². The number of halogens is 1. The molecule has 3 fully saturated rings. The molecule has 2 saturated heterocycles. The topological polar surface area (TPSA) is 79.8 Å². The fourth-order valence-electron chi connectivity index (χ4n) is 5.15. The second-order valence-corrected chi connectivity index (χ2v) is 9.20. The number of aromatic amines is 1. The molecule has 0 spiro atoms. The van der Waals surface area contributed by atoms with Gasteiger partial charge in [-0.2, -0.15) is 0 Å². The Balaban J connectivity index is 1.23. The van der Waals surface area contributed by atoms with Gasteiger partial charge in [0.2, 0.25) is 0 Å². The second-order valence-electron chi connectivity index (χ2n) is 8.79. The van der Waals surface area contributed by atoms with E-state index in [0.29, 0.717) is 17.5 Å². The highest BCUT2D eigenvalue weighted by Crippen LogP contribution is 2.39. The third-order valence-corrected chi connectivity index (χ3v) is 7.14. The number of hydrogen-bond acceptors (Lipinski definition) is 6. The highest BCUT2D eigenvalue weighted by Gasteiger charge is 2.47. The molecule has 0 bridgehead atoms. The van der Waals surface area contributed by atoms with Gasteiger partial charge in [0.1, 0.15) is 6.10 Å². The molecule has 1 aliphatic carbocycles. The average molecular weight is 456 g/mol. The van der Waals surface area contributed by atoms with Crippen molar-refractivity contribution in [2.75, 3.05) is 37.8 Å². The number of nitrogens with zero attached hydrogens (tertiary/aromatic N) is 2. The first kappa shape index (κ1) is 20.3. The lowest BCUT2D eigenvalue weighted by atomic mass is 10.0. The van der Waals surface area contributed by atoms with Crippen LogP contribution in [0.2, 0.25) is 5.02 Å². The van der Waals surface area contributed by atoms with Crippen LogP contribution in [0.3, 0.4) is 0 Å². The van der Waals surface area contributed by atoms with E-state index in [2.05, 4.69) is 34.1 Å². The van der Waals surface area contributed by atoms with Crippen LogP contribution in [0.1, 0.15) is 12.8 Å². The summed E-state index contributed by atoms with van der Waals surface area (Å²) in [5, 5.41) is 10.6. The number of aliphatic hydroxyl groups excluding tert-OH is 1. The van der Waals surface area contributed by atoms with Crippen LogP contribution in [0, 0.1) is 5.92 Å². The molecule has 2 aromatic heterocycles. The minimum Gasteiger partial charge on any atom is -0.473 e. The Morgan fingerprint density at radius 3 is 2.75 bits per heavy atom. The second kappa shape index (κ2) is 8.23. The third kappa shape index (κ3) is 3.63. The molecule has 1 saturated carbocycles. The highest BCUT2D eigenvalue weighted by molar-refractivity contribution is 6.33. The number of pyridine rings is 1. The summed E-state index contributed by atoms with van der Waals surface area (Å²) in [5.74, 6) is 0.822. The van der Waals surface area contributed by atoms with Gasteiger partial charge in [0.25, 0.3) is 0 Å². The minimum absolute atomic E-state index is 0.0477. The molecule has 0 amide bonds. The number of ether oxygens (including phenoxy) is 3. The van der Waals surface area contributed by atoms with Gasteiger partial charge in [-0.1, -0.05) is 23.7 Å². The van der Waals surface area contributed by atoms with Crippen molar-refractivity contribution in [2.45, 2.75) is 31.2 Å². The number of hydrogen-bond donors (Lipinski definition) is 2. The molecule has 168 valence electrons. The first-order valence-corrected chi connectivity index (χ1v) is 11.6. The van der Waals surface area contributed by atoms with Crippen LogP contribution in [0.5, 0.6) is 5.88 Å². The average Bonchev–Trinajstić information content (AvgIpc) is 3.51. The van der Waals surface area contributed by atoms with Crippen LogP contribution in [0.4, 0.5) is 5.69 Å². The summed E-state index contributed by atoms with van der Waals surface area (Å²) in [7, 11) is 0. The summed E-state index contributed by atoms with van der Waals surface area (Å²) >= 11 is 6.60. The maximum Gasteiger partial charge on any atom is 0.193 e. The van der Waals surface area contributed by atoms with Gasteiger partial charge in [-0.3, -0.25) is 0 Å². The summed E-state index contributed by atoms with van der Waals surface area (Å²) in [4.78, 5) is 10.4. The van der Waals surface area contributed by atoms with Crippen molar-refractivity contribution in [3.05, 3.63) is 41.4 Å². The molecule has 7 nitrogen and oxygen atoms in total.